The molecule has 0 bridgehead atoms. The summed E-state index contributed by atoms with van der Waals surface area (Å²) >= 11 is 0. The van der Waals surface area contributed by atoms with E-state index in [1.54, 1.807) is 0 Å². The molecule has 0 spiro atoms. The van der Waals surface area contributed by atoms with Gasteiger partial charge in [0.15, 0.2) is 0 Å². The third-order valence-electron chi connectivity index (χ3n) is 4.08. The molecule has 1 fully saturated rings. The Kier molecular flexibility index (Phi) is 6.65. The fourth-order valence-corrected chi connectivity index (χ4v) is 2.67. The van der Waals surface area contributed by atoms with Gasteiger partial charge in [0.1, 0.15) is 0 Å². The van der Waals surface area contributed by atoms with E-state index in [1.165, 1.54) is 19.3 Å². The van der Waals surface area contributed by atoms with Gasteiger partial charge in [-0.25, -0.2) is 0 Å². The van der Waals surface area contributed by atoms with Gasteiger partial charge in [-0.3, -0.25) is 4.79 Å². The van der Waals surface area contributed by atoms with Crippen molar-refractivity contribution in [2.45, 2.75) is 58.0 Å². The number of carbonyl (C=O) groups excluding carboxylic acids is 1. The van der Waals surface area contributed by atoms with Crippen LogP contribution in [0.2, 0.25) is 0 Å². The van der Waals surface area contributed by atoms with E-state index < -0.39 is 0 Å². The van der Waals surface area contributed by atoms with Gasteiger partial charge in [-0.2, -0.15) is 0 Å². The molecule has 106 valence electrons. The van der Waals surface area contributed by atoms with Crippen molar-refractivity contribution >= 4 is 5.91 Å². The molecule has 0 atom stereocenters. The minimum atomic E-state index is -0.168. The van der Waals surface area contributed by atoms with Crippen LogP contribution in [-0.4, -0.2) is 31.2 Å². The average molecular weight is 256 g/mol. The lowest BCUT2D eigenvalue weighted by Crippen LogP contribution is -2.44. The van der Waals surface area contributed by atoms with Crippen molar-refractivity contribution in [2.75, 3.05) is 19.7 Å². The van der Waals surface area contributed by atoms with Gasteiger partial charge in [-0.05, 0) is 38.5 Å². The van der Waals surface area contributed by atoms with Crippen molar-refractivity contribution < 1.29 is 9.53 Å². The predicted molar refractivity (Wildman–Crippen MR) is 73.3 cm³/mol. The maximum absolute atomic E-state index is 11.4. The van der Waals surface area contributed by atoms with Gasteiger partial charge in [0.25, 0.3) is 0 Å². The molecule has 0 heterocycles. The van der Waals surface area contributed by atoms with Crippen molar-refractivity contribution in [3.05, 3.63) is 0 Å². The van der Waals surface area contributed by atoms with Crippen LogP contribution in [0.1, 0.15) is 52.4 Å². The number of nitrogens with two attached hydrogens (primary N) is 1. The second-order valence-corrected chi connectivity index (χ2v) is 5.29. The Morgan fingerprint density at radius 3 is 2.56 bits per heavy atom. The maximum atomic E-state index is 11.4. The zero-order valence-electron chi connectivity index (χ0n) is 11.8. The Morgan fingerprint density at radius 1 is 1.39 bits per heavy atom. The summed E-state index contributed by atoms with van der Waals surface area (Å²) in [4.78, 5) is 11.4. The van der Waals surface area contributed by atoms with Crippen molar-refractivity contribution in [2.24, 2.45) is 11.7 Å². The molecule has 4 heteroatoms. The third-order valence-corrected chi connectivity index (χ3v) is 4.08. The number of hydrogen-bond acceptors (Lipinski definition) is 3. The van der Waals surface area contributed by atoms with Crippen LogP contribution in [0.15, 0.2) is 0 Å². The second-order valence-electron chi connectivity index (χ2n) is 5.29. The van der Waals surface area contributed by atoms with E-state index in [0.717, 1.165) is 18.8 Å². The highest BCUT2D eigenvalue weighted by Crippen LogP contribution is 2.35. The summed E-state index contributed by atoms with van der Waals surface area (Å²) in [5.74, 6) is 0.892. The van der Waals surface area contributed by atoms with Crippen molar-refractivity contribution in [1.82, 2.24) is 5.32 Å². The SMILES string of the molecule is CCNC(=O)CCOC1(CN)CCC(CC)CC1. The van der Waals surface area contributed by atoms with Gasteiger partial charge in [-0.15, -0.1) is 0 Å². The number of ether oxygens (including phenoxy) is 1. The quantitative estimate of drug-likeness (QED) is 0.730. The molecule has 0 aromatic heterocycles. The fourth-order valence-electron chi connectivity index (χ4n) is 2.67. The van der Waals surface area contributed by atoms with E-state index in [-0.39, 0.29) is 11.5 Å². The minimum absolute atomic E-state index is 0.0620. The van der Waals surface area contributed by atoms with E-state index in [4.69, 9.17) is 10.5 Å². The highest BCUT2D eigenvalue weighted by Gasteiger charge is 2.34. The monoisotopic (exact) mass is 256 g/mol. The fraction of sp³-hybridized carbons (Fsp3) is 0.929. The van der Waals surface area contributed by atoms with Crippen molar-refractivity contribution in [3.8, 4) is 0 Å². The zero-order chi connectivity index (χ0) is 13.4. The third kappa shape index (κ3) is 4.58. The molecule has 18 heavy (non-hydrogen) atoms. The standard InChI is InChI=1S/C14H28N2O2/c1-3-12-5-8-14(11-15,9-6-12)18-10-7-13(17)16-4-2/h12H,3-11,15H2,1-2H3,(H,16,17). The topological polar surface area (TPSA) is 64.3 Å². The summed E-state index contributed by atoms with van der Waals surface area (Å²) in [6, 6.07) is 0. The van der Waals surface area contributed by atoms with Gasteiger partial charge in [-0.1, -0.05) is 13.3 Å². The van der Waals surface area contributed by atoms with E-state index >= 15 is 0 Å². The van der Waals surface area contributed by atoms with Crippen LogP contribution in [0.25, 0.3) is 0 Å². The first-order valence-electron chi connectivity index (χ1n) is 7.26. The molecule has 0 aromatic rings. The normalized spacial score (nSPS) is 28.1. The Labute approximate surface area is 111 Å². The molecule has 0 unspecified atom stereocenters. The highest BCUT2D eigenvalue weighted by molar-refractivity contribution is 5.75. The molecule has 1 aliphatic rings. The molecular weight excluding hydrogens is 228 g/mol. The lowest BCUT2D eigenvalue weighted by Gasteiger charge is -2.39. The van der Waals surface area contributed by atoms with E-state index in [1.807, 2.05) is 6.92 Å². The van der Waals surface area contributed by atoms with Gasteiger partial charge < -0.3 is 15.8 Å². The summed E-state index contributed by atoms with van der Waals surface area (Å²) in [6.45, 7) is 5.90. The van der Waals surface area contributed by atoms with Crippen LogP contribution >= 0.6 is 0 Å². The Balaban J connectivity index is 2.31. The molecule has 1 aliphatic carbocycles. The molecule has 0 radical (unpaired) electrons. The number of hydrogen-bond donors (Lipinski definition) is 2. The summed E-state index contributed by atoms with van der Waals surface area (Å²) in [5.41, 5.74) is 5.71. The lowest BCUT2D eigenvalue weighted by molar-refractivity contribution is -0.125. The molecular formula is C14H28N2O2. The molecule has 4 nitrogen and oxygen atoms in total. The van der Waals surface area contributed by atoms with Gasteiger partial charge >= 0.3 is 0 Å². The Bertz CT molecular complexity index is 248. The van der Waals surface area contributed by atoms with Crippen molar-refractivity contribution in [3.63, 3.8) is 0 Å². The number of nitrogens with one attached hydrogen (secondary N) is 1. The first-order valence-corrected chi connectivity index (χ1v) is 7.26. The van der Waals surface area contributed by atoms with Gasteiger partial charge in [0.2, 0.25) is 5.91 Å². The lowest BCUT2D eigenvalue weighted by atomic mass is 9.77. The van der Waals surface area contributed by atoms with Crippen LogP contribution < -0.4 is 11.1 Å². The van der Waals surface area contributed by atoms with E-state index in [0.29, 0.717) is 26.1 Å². The maximum Gasteiger partial charge on any atom is 0.222 e. The zero-order valence-corrected chi connectivity index (χ0v) is 11.8. The summed E-state index contributed by atoms with van der Waals surface area (Å²) < 4.78 is 5.94. The summed E-state index contributed by atoms with van der Waals surface area (Å²) in [5, 5.41) is 2.78. The number of rotatable bonds is 7. The van der Waals surface area contributed by atoms with Crippen LogP contribution in [0.3, 0.4) is 0 Å². The molecule has 0 aliphatic heterocycles. The van der Waals surface area contributed by atoms with Crippen LogP contribution in [0, 0.1) is 5.92 Å². The Morgan fingerprint density at radius 2 is 2.06 bits per heavy atom. The van der Waals surface area contributed by atoms with Gasteiger partial charge in [0.05, 0.1) is 12.2 Å². The largest absolute Gasteiger partial charge is 0.373 e. The van der Waals surface area contributed by atoms with Crippen LogP contribution in [0.5, 0.6) is 0 Å². The second kappa shape index (κ2) is 7.74. The van der Waals surface area contributed by atoms with Crippen molar-refractivity contribution in [1.29, 1.82) is 0 Å². The first-order chi connectivity index (χ1) is 8.65. The molecule has 0 saturated heterocycles. The molecule has 1 saturated carbocycles. The van der Waals surface area contributed by atoms with E-state index in [2.05, 4.69) is 12.2 Å². The average Bonchev–Trinajstić information content (AvgIpc) is 2.40. The molecule has 1 rings (SSSR count). The molecule has 3 N–H and O–H groups in total. The molecule has 1 amide bonds. The number of carbonyl (C=O) groups is 1. The van der Waals surface area contributed by atoms with Gasteiger partial charge in [0, 0.05) is 19.5 Å². The first kappa shape index (κ1) is 15.4. The predicted octanol–water partition coefficient (Wildman–Crippen LogP) is 1.83. The summed E-state index contributed by atoms with van der Waals surface area (Å²) in [7, 11) is 0. The Hall–Kier alpha value is -0.610. The molecule has 0 aromatic carbocycles. The smallest absolute Gasteiger partial charge is 0.222 e. The van der Waals surface area contributed by atoms with Crippen LogP contribution in [0.4, 0.5) is 0 Å². The number of amides is 1. The minimum Gasteiger partial charge on any atom is -0.373 e. The van der Waals surface area contributed by atoms with Crippen LogP contribution in [-0.2, 0) is 9.53 Å². The summed E-state index contributed by atoms with van der Waals surface area (Å²) in [6.07, 6.45) is 6.17. The highest BCUT2D eigenvalue weighted by atomic mass is 16.5. The van der Waals surface area contributed by atoms with E-state index in [9.17, 15) is 4.79 Å².